The summed E-state index contributed by atoms with van der Waals surface area (Å²) in [5, 5.41) is 3.57. The molecule has 0 atom stereocenters. The van der Waals surface area contributed by atoms with Gasteiger partial charge in [0.1, 0.15) is 5.75 Å². The highest BCUT2D eigenvalue weighted by Gasteiger charge is 2.11. The monoisotopic (exact) mass is 386 g/mol. The van der Waals surface area contributed by atoms with Crippen molar-refractivity contribution in [2.75, 3.05) is 29.9 Å². The quantitative estimate of drug-likeness (QED) is 0.752. The molecule has 0 bridgehead atoms. The molecular formula is C22H27ClN2O2. The van der Waals surface area contributed by atoms with Crippen molar-refractivity contribution in [1.29, 1.82) is 0 Å². The van der Waals surface area contributed by atoms with Gasteiger partial charge in [0.2, 0.25) is 0 Å². The second kappa shape index (κ2) is 9.14. The number of ether oxygens (including phenoxy) is 1. The van der Waals surface area contributed by atoms with Gasteiger partial charge in [-0.3, -0.25) is 4.79 Å². The first-order valence-electron chi connectivity index (χ1n) is 9.57. The van der Waals surface area contributed by atoms with E-state index in [4.69, 9.17) is 16.3 Å². The van der Waals surface area contributed by atoms with Gasteiger partial charge in [0.25, 0.3) is 5.91 Å². The van der Waals surface area contributed by atoms with Crippen LogP contribution in [0.4, 0.5) is 11.4 Å². The number of hydrogen-bond acceptors (Lipinski definition) is 3. The third-order valence-electron chi connectivity index (χ3n) is 4.89. The average molecular weight is 387 g/mol. The van der Waals surface area contributed by atoms with Crippen LogP contribution >= 0.6 is 11.6 Å². The molecule has 1 saturated heterocycles. The number of amides is 1. The molecule has 0 unspecified atom stereocenters. The van der Waals surface area contributed by atoms with Crippen LogP contribution in [0.25, 0.3) is 0 Å². The number of carbonyl (C=O) groups is 1. The number of nitrogens with zero attached hydrogens (tertiary/aromatic N) is 1. The van der Waals surface area contributed by atoms with Crippen molar-refractivity contribution in [3.63, 3.8) is 0 Å². The van der Waals surface area contributed by atoms with Crippen molar-refractivity contribution in [1.82, 2.24) is 0 Å². The van der Waals surface area contributed by atoms with E-state index < -0.39 is 0 Å². The van der Waals surface area contributed by atoms with Gasteiger partial charge in [0.05, 0.1) is 0 Å². The van der Waals surface area contributed by atoms with Crippen LogP contribution in [-0.4, -0.2) is 25.6 Å². The third-order valence-corrected chi connectivity index (χ3v) is 5.11. The summed E-state index contributed by atoms with van der Waals surface area (Å²) >= 11 is 6.03. The lowest BCUT2D eigenvalue weighted by atomic mass is 10.1. The Labute approximate surface area is 166 Å². The second-order valence-corrected chi connectivity index (χ2v) is 7.59. The molecule has 4 nitrogen and oxygen atoms in total. The highest BCUT2D eigenvalue weighted by Crippen LogP contribution is 2.27. The lowest BCUT2D eigenvalue weighted by Crippen LogP contribution is -2.24. The van der Waals surface area contributed by atoms with E-state index in [1.54, 1.807) is 0 Å². The molecule has 2 aromatic carbocycles. The SMILES string of the molecule is Cc1cc(Cl)cc(C)c1OCC(=O)Nc1ccc(N2CCCCCC2)cc1. The van der Waals surface area contributed by atoms with E-state index in [1.807, 2.05) is 38.1 Å². The maximum atomic E-state index is 12.2. The predicted octanol–water partition coefficient (Wildman–Crippen LogP) is 5.35. The molecule has 0 aliphatic carbocycles. The van der Waals surface area contributed by atoms with E-state index in [2.05, 4.69) is 22.3 Å². The van der Waals surface area contributed by atoms with Gasteiger partial charge in [-0.05, 0) is 74.2 Å². The number of aryl methyl sites for hydroxylation is 2. The van der Waals surface area contributed by atoms with Crippen LogP contribution in [0.15, 0.2) is 36.4 Å². The number of nitrogens with one attached hydrogen (secondary N) is 1. The molecule has 27 heavy (non-hydrogen) atoms. The summed E-state index contributed by atoms with van der Waals surface area (Å²) < 4.78 is 5.71. The summed E-state index contributed by atoms with van der Waals surface area (Å²) in [6, 6.07) is 11.7. The Morgan fingerprint density at radius 2 is 1.63 bits per heavy atom. The molecular weight excluding hydrogens is 360 g/mol. The van der Waals surface area contributed by atoms with E-state index in [1.165, 1.54) is 31.4 Å². The normalized spacial score (nSPS) is 14.6. The Balaban J connectivity index is 1.55. The number of halogens is 1. The van der Waals surface area contributed by atoms with Crippen LogP contribution < -0.4 is 15.0 Å². The molecule has 2 aromatic rings. The second-order valence-electron chi connectivity index (χ2n) is 7.15. The van der Waals surface area contributed by atoms with Gasteiger partial charge in [-0.15, -0.1) is 0 Å². The Bertz CT molecular complexity index is 758. The molecule has 3 rings (SSSR count). The maximum Gasteiger partial charge on any atom is 0.262 e. The minimum atomic E-state index is -0.175. The zero-order chi connectivity index (χ0) is 19.2. The minimum absolute atomic E-state index is 0.0306. The van der Waals surface area contributed by atoms with E-state index in [9.17, 15) is 4.79 Å². The fourth-order valence-corrected chi connectivity index (χ4v) is 3.87. The minimum Gasteiger partial charge on any atom is -0.483 e. The van der Waals surface area contributed by atoms with Gasteiger partial charge >= 0.3 is 0 Å². The van der Waals surface area contributed by atoms with E-state index in [0.717, 1.165) is 29.9 Å². The van der Waals surface area contributed by atoms with Crippen LogP contribution in [0.3, 0.4) is 0 Å². The highest BCUT2D eigenvalue weighted by atomic mass is 35.5. The van der Waals surface area contributed by atoms with Crippen molar-refractivity contribution in [3.8, 4) is 5.75 Å². The van der Waals surface area contributed by atoms with Crippen LogP contribution in [0.1, 0.15) is 36.8 Å². The number of carbonyl (C=O) groups excluding carboxylic acids is 1. The Morgan fingerprint density at radius 3 is 2.22 bits per heavy atom. The zero-order valence-electron chi connectivity index (χ0n) is 16.1. The van der Waals surface area contributed by atoms with Crippen molar-refractivity contribution in [3.05, 3.63) is 52.5 Å². The first-order valence-corrected chi connectivity index (χ1v) is 9.95. The summed E-state index contributed by atoms with van der Waals surface area (Å²) in [6.07, 6.45) is 5.13. The predicted molar refractivity (Wildman–Crippen MR) is 112 cm³/mol. The first-order chi connectivity index (χ1) is 13.0. The summed E-state index contributed by atoms with van der Waals surface area (Å²) in [6.45, 7) is 6.04. The van der Waals surface area contributed by atoms with Crippen LogP contribution in [0, 0.1) is 13.8 Å². The zero-order valence-corrected chi connectivity index (χ0v) is 16.8. The number of hydrogen-bond donors (Lipinski definition) is 1. The van der Waals surface area contributed by atoms with Crippen molar-refractivity contribution >= 4 is 28.9 Å². The average Bonchev–Trinajstić information content (AvgIpc) is 2.91. The van der Waals surface area contributed by atoms with Crippen molar-refractivity contribution in [2.45, 2.75) is 39.5 Å². The number of anilines is 2. The molecule has 1 amide bonds. The molecule has 1 fully saturated rings. The topological polar surface area (TPSA) is 41.6 Å². The fourth-order valence-electron chi connectivity index (χ4n) is 3.54. The van der Waals surface area contributed by atoms with Gasteiger partial charge in [0.15, 0.2) is 6.61 Å². The standard InChI is InChI=1S/C22H27ClN2O2/c1-16-13-18(23)14-17(2)22(16)27-15-21(26)24-19-7-9-20(10-8-19)25-11-5-3-4-6-12-25/h7-10,13-14H,3-6,11-12,15H2,1-2H3,(H,24,26). The Morgan fingerprint density at radius 1 is 1.04 bits per heavy atom. The third kappa shape index (κ3) is 5.39. The van der Waals surface area contributed by atoms with Gasteiger partial charge < -0.3 is 15.0 Å². The summed E-state index contributed by atoms with van der Waals surface area (Å²) in [5.41, 5.74) is 3.86. The molecule has 0 spiro atoms. The molecule has 1 heterocycles. The Kier molecular flexibility index (Phi) is 6.62. The van der Waals surface area contributed by atoms with E-state index in [0.29, 0.717) is 10.8 Å². The molecule has 0 saturated carbocycles. The molecule has 5 heteroatoms. The maximum absolute atomic E-state index is 12.2. The van der Waals surface area contributed by atoms with Crippen molar-refractivity contribution < 1.29 is 9.53 Å². The van der Waals surface area contributed by atoms with Crippen LogP contribution in [0.2, 0.25) is 5.02 Å². The summed E-state index contributed by atoms with van der Waals surface area (Å²) in [4.78, 5) is 14.7. The molecule has 1 N–H and O–H groups in total. The van der Waals surface area contributed by atoms with Gasteiger partial charge in [0, 0.05) is 29.5 Å². The fraction of sp³-hybridized carbons (Fsp3) is 0.409. The smallest absolute Gasteiger partial charge is 0.262 e. The summed E-state index contributed by atoms with van der Waals surface area (Å²) in [7, 11) is 0. The van der Waals surface area contributed by atoms with E-state index >= 15 is 0 Å². The largest absolute Gasteiger partial charge is 0.483 e. The molecule has 0 radical (unpaired) electrons. The lowest BCUT2D eigenvalue weighted by molar-refractivity contribution is -0.118. The van der Waals surface area contributed by atoms with Gasteiger partial charge in [-0.25, -0.2) is 0 Å². The first kappa shape index (κ1) is 19.6. The van der Waals surface area contributed by atoms with Crippen LogP contribution in [0.5, 0.6) is 5.75 Å². The summed E-state index contributed by atoms with van der Waals surface area (Å²) in [5.74, 6) is 0.539. The molecule has 1 aliphatic rings. The van der Waals surface area contributed by atoms with E-state index in [-0.39, 0.29) is 12.5 Å². The van der Waals surface area contributed by atoms with Gasteiger partial charge in [-0.2, -0.15) is 0 Å². The molecule has 1 aliphatic heterocycles. The number of rotatable bonds is 5. The number of benzene rings is 2. The molecule has 144 valence electrons. The van der Waals surface area contributed by atoms with Crippen LogP contribution in [-0.2, 0) is 4.79 Å². The van der Waals surface area contributed by atoms with Gasteiger partial charge in [-0.1, -0.05) is 24.4 Å². The highest BCUT2D eigenvalue weighted by molar-refractivity contribution is 6.30. The Hall–Kier alpha value is -2.20. The molecule has 0 aromatic heterocycles. The van der Waals surface area contributed by atoms with Crippen molar-refractivity contribution in [2.24, 2.45) is 0 Å². The lowest BCUT2D eigenvalue weighted by Gasteiger charge is -2.22.